The molecule has 27 heavy (non-hydrogen) atoms. The zero-order valence-electron chi connectivity index (χ0n) is 16.0. The molecule has 0 aliphatic rings. The van der Waals surface area contributed by atoms with E-state index in [1.165, 1.54) is 11.1 Å². The van der Waals surface area contributed by atoms with E-state index >= 15 is 0 Å². The van der Waals surface area contributed by atoms with Crippen LogP contribution >= 0.6 is 12.2 Å². The van der Waals surface area contributed by atoms with Crippen molar-refractivity contribution in [3.8, 4) is 5.75 Å². The van der Waals surface area contributed by atoms with E-state index in [1.54, 1.807) is 0 Å². The minimum atomic E-state index is -0.137. The molecule has 0 bridgehead atoms. The van der Waals surface area contributed by atoms with E-state index in [0.29, 0.717) is 30.5 Å². The van der Waals surface area contributed by atoms with Crippen LogP contribution in [0.3, 0.4) is 0 Å². The van der Waals surface area contributed by atoms with Crippen molar-refractivity contribution in [1.82, 2.24) is 10.9 Å². The van der Waals surface area contributed by atoms with Crippen LogP contribution in [-0.2, 0) is 4.79 Å². The summed E-state index contributed by atoms with van der Waals surface area (Å²) in [5.74, 6) is 1.16. The molecule has 0 fully saturated rings. The quantitative estimate of drug-likeness (QED) is 0.377. The van der Waals surface area contributed by atoms with E-state index in [2.05, 4.69) is 42.1 Å². The Labute approximate surface area is 166 Å². The molecule has 0 aliphatic heterocycles. The van der Waals surface area contributed by atoms with Gasteiger partial charge in [-0.05, 0) is 61.3 Å². The molecular formula is C21H27N3O2S. The SMILES string of the molecule is Cc1ccc(OCCCC(=O)NNC(=S)Nc2ccc(C(C)C)cc2)cc1. The van der Waals surface area contributed by atoms with Gasteiger partial charge in [-0.3, -0.25) is 15.6 Å². The Hall–Kier alpha value is -2.60. The molecule has 144 valence electrons. The summed E-state index contributed by atoms with van der Waals surface area (Å²) in [5.41, 5.74) is 8.63. The van der Waals surface area contributed by atoms with Crippen LogP contribution in [0.5, 0.6) is 5.75 Å². The molecule has 0 radical (unpaired) electrons. The number of ether oxygens (including phenoxy) is 1. The van der Waals surface area contributed by atoms with Gasteiger partial charge in [0, 0.05) is 12.1 Å². The van der Waals surface area contributed by atoms with Gasteiger partial charge < -0.3 is 10.1 Å². The van der Waals surface area contributed by atoms with Crippen LogP contribution in [0.2, 0.25) is 0 Å². The Morgan fingerprint density at radius 2 is 1.70 bits per heavy atom. The maximum absolute atomic E-state index is 11.9. The van der Waals surface area contributed by atoms with Gasteiger partial charge in [-0.1, -0.05) is 43.7 Å². The van der Waals surface area contributed by atoms with Crippen molar-refractivity contribution in [1.29, 1.82) is 0 Å². The Morgan fingerprint density at radius 3 is 2.33 bits per heavy atom. The number of rotatable bonds is 7. The van der Waals surface area contributed by atoms with Crippen molar-refractivity contribution >= 4 is 28.9 Å². The molecular weight excluding hydrogens is 358 g/mol. The Morgan fingerprint density at radius 1 is 1.04 bits per heavy atom. The third-order valence-corrected chi connectivity index (χ3v) is 4.19. The summed E-state index contributed by atoms with van der Waals surface area (Å²) in [6.45, 7) is 6.81. The number of anilines is 1. The second-order valence-corrected chi connectivity index (χ2v) is 7.08. The number of carbonyl (C=O) groups excluding carboxylic acids is 1. The number of aryl methyl sites for hydroxylation is 1. The van der Waals surface area contributed by atoms with Crippen molar-refractivity contribution in [2.75, 3.05) is 11.9 Å². The summed E-state index contributed by atoms with van der Waals surface area (Å²) in [6, 6.07) is 15.9. The standard InChI is InChI=1S/C21H27N3O2S/c1-15(2)17-8-10-18(11-9-17)22-21(27)24-23-20(25)5-4-14-26-19-12-6-16(3)7-13-19/h6-13,15H,4-5,14H2,1-3H3,(H,23,25)(H2,22,24,27). The van der Waals surface area contributed by atoms with Crippen LogP contribution in [0.1, 0.15) is 43.7 Å². The molecule has 0 aliphatic carbocycles. The highest BCUT2D eigenvalue weighted by atomic mass is 32.1. The molecule has 2 aromatic carbocycles. The highest BCUT2D eigenvalue weighted by Gasteiger charge is 2.04. The molecule has 3 N–H and O–H groups in total. The number of amides is 1. The van der Waals surface area contributed by atoms with Crippen LogP contribution in [0, 0.1) is 6.92 Å². The minimum absolute atomic E-state index is 0.137. The highest BCUT2D eigenvalue weighted by molar-refractivity contribution is 7.80. The van der Waals surface area contributed by atoms with E-state index in [9.17, 15) is 4.79 Å². The van der Waals surface area contributed by atoms with Gasteiger partial charge >= 0.3 is 0 Å². The summed E-state index contributed by atoms with van der Waals surface area (Å²) in [6.07, 6.45) is 0.975. The smallest absolute Gasteiger partial charge is 0.238 e. The summed E-state index contributed by atoms with van der Waals surface area (Å²) < 4.78 is 5.60. The van der Waals surface area contributed by atoms with Crippen LogP contribution < -0.4 is 20.9 Å². The number of hydrazine groups is 1. The number of benzene rings is 2. The predicted octanol–water partition coefficient (Wildman–Crippen LogP) is 4.30. The normalized spacial score (nSPS) is 10.4. The first-order valence-electron chi connectivity index (χ1n) is 9.09. The summed E-state index contributed by atoms with van der Waals surface area (Å²) >= 11 is 5.19. The lowest BCUT2D eigenvalue weighted by molar-refractivity contribution is -0.121. The topological polar surface area (TPSA) is 62.4 Å². The van der Waals surface area contributed by atoms with Crippen LogP contribution in [0.15, 0.2) is 48.5 Å². The molecule has 2 rings (SSSR count). The van der Waals surface area contributed by atoms with Gasteiger partial charge in [0.1, 0.15) is 5.75 Å². The summed E-state index contributed by atoms with van der Waals surface area (Å²) in [5, 5.41) is 3.38. The van der Waals surface area contributed by atoms with Crippen molar-refractivity contribution < 1.29 is 9.53 Å². The molecule has 6 heteroatoms. The van der Waals surface area contributed by atoms with Gasteiger partial charge in [-0.25, -0.2) is 0 Å². The predicted molar refractivity (Wildman–Crippen MR) is 114 cm³/mol. The van der Waals surface area contributed by atoms with Gasteiger partial charge in [-0.2, -0.15) is 0 Å². The molecule has 0 saturated heterocycles. The van der Waals surface area contributed by atoms with E-state index in [-0.39, 0.29) is 5.91 Å². The first kappa shape index (κ1) is 20.7. The Balaban J connectivity index is 1.61. The highest BCUT2D eigenvalue weighted by Crippen LogP contribution is 2.17. The number of hydrogen-bond acceptors (Lipinski definition) is 3. The van der Waals surface area contributed by atoms with Crippen LogP contribution in [0.4, 0.5) is 5.69 Å². The van der Waals surface area contributed by atoms with Gasteiger partial charge in [0.05, 0.1) is 6.61 Å². The van der Waals surface area contributed by atoms with Crippen molar-refractivity contribution in [2.24, 2.45) is 0 Å². The second-order valence-electron chi connectivity index (χ2n) is 6.67. The van der Waals surface area contributed by atoms with Gasteiger partial charge in [0.25, 0.3) is 0 Å². The zero-order chi connectivity index (χ0) is 19.6. The summed E-state index contributed by atoms with van der Waals surface area (Å²) in [4.78, 5) is 11.9. The van der Waals surface area contributed by atoms with Gasteiger partial charge in [0.15, 0.2) is 5.11 Å². The molecule has 0 atom stereocenters. The Kier molecular flexibility index (Phi) is 8.07. The summed E-state index contributed by atoms with van der Waals surface area (Å²) in [7, 11) is 0. The molecule has 1 amide bonds. The maximum Gasteiger partial charge on any atom is 0.238 e. The molecule has 0 saturated carbocycles. The molecule has 0 unspecified atom stereocenters. The minimum Gasteiger partial charge on any atom is -0.494 e. The largest absolute Gasteiger partial charge is 0.494 e. The fourth-order valence-corrected chi connectivity index (χ4v) is 2.53. The average Bonchev–Trinajstić information content (AvgIpc) is 2.65. The molecule has 2 aromatic rings. The van der Waals surface area contributed by atoms with Crippen LogP contribution in [0.25, 0.3) is 0 Å². The maximum atomic E-state index is 11.9. The molecule has 5 nitrogen and oxygen atoms in total. The second kappa shape index (κ2) is 10.5. The van der Waals surface area contributed by atoms with Crippen molar-refractivity contribution in [2.45, 2.75) is 39.5 Å². The van der Waals surface area contributed by atoms with E-state index in [4.69, 9.17) is 17.0 Å². The first-order chi connectivity index (χ1) is 12.9. The molecule has 0 spiro atoms. The third kappa shape index (κ3) is 7.66. The van der Waals surface area contributed by atoms with Gasteiger partial charge in [0.2, 0.25) is 5.91 Å². The zero-order valence-corrected chi connectivity index (χ0v) is 16.9. The number of nitrogens with one attached hydrogen (secondary N) is 3. The number of thiocarbonyl (C=S) groups is 1. The molecule has 0 heterocycles. The number of carbonyl (C=O) groups is 1. The monoisotopic (exact) mass is 385 g/mol. The fraction of sp³-hybridized carbons (Fsp3) is 0.333. The number of hydrogen-bond donors (Lipinski definition) is 3. The van der Waals surface area contributed by atoms with Gasteiger partial charge in [-0.15, -0.1) is 0 Å². The lowest BCUT2D eigenvalue weighted by atomic mass is 10.0. The third-order valence-electron chi connectivity index (χ3n) is 3.99. The lowest BCUT2D eigenvalue weighted by Gasteiger charge is -2.13. The fourth-order valence-electron chi connectivity index (χ4n) is 2.36. The van der Waals surface area contributed by atoms with Crippen molar-refractivity contribution in [3.05, 3.63) is 59.7 Å². The van der Waals surface area contributed by atoms with Crippen LogP contribution in [-0.4, -0.2) is 17.6 Å². The van der Waals surface area contributed by atoms with E-state index in [1.807, 2.05) is 43.3 Å². The lowest BCUT2D eigenvalue weighted by Crippen LogP contribution is -2.43. The van der Waals surface area contributed by atoms with Crippen molar-refractivity contribution in [3.63, 3.8) is 0 Å². The molecule has 0 aromatic heterocycles. The Bertz CT molecular complexity index is 743. The van der Waals surface area contributed by atoms with E-state index < -0.39 is 0 Å². The first-order valence-corrected chi connectivity index (χ1v) is 9.50. The average molecular weight is 386 g/mol. The van der Waals surface area contributed by atoms with E-state index in [0.717, 1.165) is 11.4 Å².